The van der Waals surface area contributed by atoms with Crippen LogP contribution >= 0.6 is 23.1 Å². The van der Waals surface area contributed by atoms with E-state index in [1.54, 1.807) is 0 Å². The molecule has 9 nitrogen and oxygen atoms in total. The molecular formula is C18H17N5O4S2. The first-order valence-corrected chi connectivity index (χ1v) is 10.3. The van der Waals surface area contributed by atoms with E-state index in [1.165, 1.54) is 47.4 Å². The molecule has 1 amide bonds. The van der Waals surface area contributed by atoms with Gasteiger partial charge in [0.25, 0.3) is 5.69 Å². The number of para-hydroxylation sites is 2. The highest BCUT2D eigenvalue weighted by molar-refractivity contribution is 8.01. The van der Waals surface area contributed by atoms with E-state index in [1.807, 2.05) is 31.2 Å². The van der Waals surface area contributed by atoms with Crippen LogP contribution in [0.5, 0.6) is 5.75 Å². The molecule has 0 spiro atoms. The topological polar surface area (TPSA) is 119 Å². The van der Waals surface area contributed by atoms with Gasteiger partial charge in [0.2, 0.25) is 11.0 Å². The van der Waals surface area contributed by atoms with Crippen molar-refractivity contribution in [1.29, 1.82) is 0 Å². The standard InChI is InChI=1S/C18H17N5O4S2/c1-2-27-15-6-4-3-5-14(15)20-17-21-22-18(29-17)28-11-16(24)19-12-7-9-13(10-8-12)23(25)26/h3-10H,2,11H2,1H3,(H,19,24)(H,20,21). The van der Waals surface area contributed by atoms with E-state index in [4.69, 9.17) is 4.74 Å². The van der Waals surface area contributed by atoms with Crippen LogP contribution in [-0.2, 0) is 4.79 Å². The molecule has 11 heteroatoms. The van der Waals surface area contributed by atoms with E-state index in [9.17, 15) is 14.9 Å². The van der Waals surface area contributed by atoms with Crippen molar-refractivity contribution in [3.05, 3.63) is 58.6 Å². The molecule has 150 valence electrons. The van der Waals surface area contributed by atoms with Crippen molar-refractivity contribution < 1.29 is 14.5 Å². The highest BCUT2D eigenvalue weighted by Crippen LogP contribution is 2.31. The molecule has 0 radical (unpaired) electrons. The van der Waals surface area contributed by atoms with Crippen molar-refractivity contribution in [2.24, 2.45) is 0 Å². The van der Waals surface area contributed by atoms with Crippen molar-refractivity contribution in [1.82, 2.24) is 10.2 Å². The van der Waals surface area contributed by atoms with E-state index in [0.717, 1.165) is 11.4 Å². The van der Waals surface area contributed by atoms with Gasteiger partial charge in [0.05, 0.1) is 23.0 Å². The zero-order valence-electron chi connectivity index (χ0n) is 15.3. The Kier molecular flexibility index (Phi) is 6.98. The molecule has 0 bridgehead atoms. The number of nitro groups is 1. The first kappa shape index (κ1) is 20.6. The lowest BCUT2D eigenvalue weighted by atomic mass is 10.3. The van der Waals surface area contributed by atoms with Crippen LogP contribution in [0.3, 0.4) is 0 Å². The molecule has 0 saturated heterocycles. The maximum Gasteiger partial charge on any atom is 0.269 e. The first-order valence-electron chi connectivity index (χ1n) is 8.54. The van der Waals surface area contributed by atoms with Gasteiger partial charge >= 0.3 is 0 Å². The highest BCUT2D eigenvalue weighted by Gasteiger charge is 2.11. The monoisotopic (exact) mass is 431 g/mol. The van der Waals surface area contributed by atoms with Gasteiger partial charge in [-0.3, -0.25) is 14.9 Å². The number of carbonyl (C=O) groups excluding carboxylic acids is 1. The molecule has 0 saturated carbocycles. The fourth-order valence-corrected chi connectivity index (χ4v) is 3.84. The lowest BCUT2D eigenvalue weighted by Gasteiger charge is -2.09. The number of thioether (sulfide) groups is 1. The van der Waals surface area contributed by atoms with Crippen molar-refractivity contribution in [2.45, 2.75) is 11.3 Å². The third-order valence-corrected chi connectivity index (χ3v) is 5.50. The quantitative estimate of drug-likeness (QED) is 0.292. The molecule has 1 heterocycles. The summed E-state index contributed by atoms with van der Waals surface area (Å²) >= 11 is 2.58. The molecule has 2 aromatic carbocycles. The number of rotatable bonds is 9. The van der Waals surface area contributed by atoms with E-state index in [2.05, 4.69) is 20.8 Å². The SMILES string of the molecule is CCOc1ccccc1Nc1nnc(SCC(=O)Nc2ccc([N+](=O)[O-])cc2)s1. The number of hydrogen-bond acceptors (Lipinski definition) is 9. The summed E-state index contributed by atoms with van der Waals surface area (Å²) < 4.78 is 6.21. The van der Waals surface area contributed by atoms with Crippen LogP contribution in [-0.4, -0.2) is 33.4 Å². The van der Waals surface area contributed by atoms with Crippen molar-refractivity contribution in [2.75, 3.05) is 23.0 Å². The number of nitrogens with one attached hydrogen (secondary N) is 2. The lowest BCUT2D eigenvalue weighted by Crippen LogP contribution is -2.13. The average Bonchev–Trinajstić information content (AvgIpc) is 3.16. The maximum atomic E-state index is 12.1. The summed E-state index contributed by atoms with van der Waals surface area (Å²) in [5.41, 5.74) is 1.25. The number of amides is 1. The number of hydrogen-bond donors (Lipinski definition) is 2. The third kappa shape index (κ3) is 5.90. The predicted molar refractivity (Wildman–Crippen MR) is 113 cm³/mol. The summed E-state index contributed by atoms with van der Waals surface area (Å²) in [4.78, 5) is 22.2. The number of benzene rings is 2. The Bertz CT molecular complexity index is 994. The van der Waals surface area contributed by atoms with Crippen molar-refractivity contribution >= 4 is 51.2 Å². The van der Waals surface area contributed by atoms with Gasteiger partial charge in [-0.15, -0.1) is 10.2 Å². The van der Waals surface area contributed by atoms with Gasteiger partial charge in [-0.25, -0.2) is 0 Å². The van der Waals surface area contributed by atoms with E-state index in [-0.39, 0.29) is 17.3 Å². The van der Waals surface area contributed by atoms with Crippen LogP contribution in [0.2, 0.25) is 0 Å². The summed E-state index contributed by atoms with van der Waals surface area (Å²) in [6.45, 7) is 2.47. The Morgan fingerprint density at radius 2 is 1.97 bits per heavy atom. The van der Waals surface area contributed by atoms with Crippen molar-refractivity contribution in [3.63, 3.8) is 0 Å². The molecule has 1 aromatic heterocycles. The van der Waals surface area contributed by atoms with E-state index in [0.29, 0.717) is 21.8 Å². The van der Waals surface area contributed by atoms with Crippen LogP contribution in [0.15, 0.2) is 52.9 Å². The average molecular weight is 431 g/mol. The minimum absolute atomic E-state index is 0.0304. The second-order valence-corrected chi connectivity index (χ2v) is 7.77. The van der Waals surface area contributed by atoms with Crippen LogP contribution in [0.4, 0.5) is 22.2 Å². The fraction of sp³-hybridized carbons (Fsp3) is 0.167. The second kappa shape index (κ2) is 9.85. The van der Waals surface area contributed by atoms with Crippen LogP contribution in [0.25, 0.3) is 0 Å². The number of carbonyl (C=O) groups is 1. The summed E-state index contributed by atoms with van der Waals surface area (Å²) in [7, 11) is 0. The van der Waals surface area contributed by atoms with Crippen LogP contribution < -0.4 is 15.4 Å². The molecule has 0 aliphatic rings. The largest absolute Gasteiger partial charge is 0.492 e. The molecule has 0 fully saturated rings. The lowest BCUT2D eigenvalue weighted by molar-refractivity contribution is -0.384. The Labute approximate surface area is 174 Å². The zero-order chi connectivity index (χ0) is 20.6. The van der Waals surface area contributed by atoms with Gasteiger partial charge in [0.1, 0.15) is 5.75 Å². The van der Waals surface area contributed by atoms with Crippen molar-refractivity contribution in [3.8, 4) is 5.75 Å². The number of nitrogens with zero attached hydrogens (tertiary/aromatic N) is 3. The molecule has 29 heavy (non-hydrogen) atoms. The smallest absolute Gasteiger partial charge is 0.269 e. The van der Waals surface area contributed by atoms with E-state index < -0.39 is 4.92 Å². The van der Waals surface area contributed by atoms with Gasteiger partial charge < -0.3 is 15.4 Å². The minimum atomic E-state index is -0.491. The van der Waals surface area contributed by atoms with Gasteiger partial charge in [0.15, 0.2) is 4.34 Å². The van der Waals surface area contributed by atoms with Gasteiger partial charge in [-0.1, -0.05) is 35.2 Å². The van der Waals surface area contributed by atoms with Gasteiger partial charge in [-0.2, -0.15) is 0 Å². The van der Waals surface area contributed by atoms with Gasteiger partial charge in [-0.05, 0) is 31.2 Å². The molecule has 3 aromatic rings. The fourth-order valence-electron chi connectivity index (χ4n) is 2.28. The summed E-state index contributed by atoms with van der Waals surface area (Å²) in [5.74, 6) is 0.623. The number of non-ortho nitro benzene ring substituents is 1. The Morgan fingerprint density at radius 3 is 2.69 bits per heavy atom. The van der Waals surface area contributed by atoms with Crippen LogP contribution in [0, 0.1) is 10.1 Å². The third-order valence-electron chi connectivity index (χ3n) is 3.52. The van der Waals surface area contributed by atoms with Crippen LogP contribution in [0.1, 0.15) is 6.92 Å². The zero-order valence-corrected chi connectivity index (χ0v) is 17.0. The Morgan fingerprint density at radius 1 is 1.21 bits per heavy atom. The second-order valence-electron chi connectivity index (χ2n) is 5.57. The maximum absolute atomic E-state index is 12.1. The summed E-state index contributed by atoms with van der Waals surface area (Å²) in [6, 6.07) is 13.2. The van der Waals surface area contributed by atoms with E-state index >= 15 is 0 Å². The number of nitro benzene ring substituents is 1. The Balaban J connectivity index is 1.52. The van der Waals surface area contributed by atoms with Gasteiger partial charge in [0, 0.05) is 17.8 Å². The Hall–Kier alpha value is -3.18. The predicted octanol–water partition coefficient (Wildman–Crippen LogP) is 4.32. The minimum Gasteiger partial charge on any atom is -0.492 e. The first-order chi connectivity index (χ1) is 14.0. The summed E-state index contributed by atoms with van der Waals surface area (Å²) in [6.07, 6.45) is 0. The number of anilines is 3. The molecule has 0 aliphatic heterocycles. The summed E-state index contributed by atoms with van der Waals surface area (Å²) in [5, 5.41) is 25.3. The molecule has 2 N–H and O–H groups in total. The number of aromatic nitrogens is 2. The molecular weight excluding hydrogens is 414 g/mol. The molecule has 0 atom stereocenters. The normalized spacial score (nSPS) is 10.4. The molecule has 0 unspecified atom stereocenters. The molecule has 3 rings (SSSR count). The molecule has 0 aliphatic carbocycles. The highest BCUT2D eigenvalue weighted by atomic mass is 32.2. The number of ether oxygens (including phenoxy) is 1.